The summed E-state index contributed by atoms with van der Waals surface area (Å²) in [4.78, 5) is 18.4. The van der Waals surface area contributed by atoms with Gasteiger partial charge in [-0.05, 0) is 42.0 Å². The zero-order valence-electron chi connectivity index (χ0n) is 14.1. The van der Waals surface area contributed by atoms with Gasteiger partial charge in [-0.3, -0.25) is 4.79 Å². The molecule has 1 aromatic carbocycles. The van der Waals surface area contributed by atoms with Crippen LogP contribution in [0.15, 0.2) is 59.2 Å². The highest BCUT2D eigenvalue weighted by molar-refractivity contribution is 9.10. The minimum atomic E-state index is -0.192. The van der Waals surface area contributed by atoms with E-state index in [1.807, 2.05) is 36.4 Å². The molecule has 0 atom stereocenters. The van der Waals surface area contributed by atoms with E-state index in [0.29, 0.717) is 29.7 Å². The summed E-state index contributed by atoms with van der Waals surface area (Å²) < 4.78 is 11.5. The number of hydrogen-bond donors (Lipinski definition) is 1. The number of nitrogens with zero attached hydrogens (tertiary/aromatic N) is 1. The van der Waals surface area contributed by atoms with Crippen molar-refractivity contribution in [1.82, 2.24) is 4.98 Å². The van der Waals surface area contributed by atoms with Crippen molar-refractivity contribution in [2.45, 2.75) is 0 Å². The van der Waals surface area contributed by atoms with Gasteiger partial charge in [0.1, 0.15) is 12.3 Å². The quantitative estimate of drug-likeness (QED) is 0.542. The Morgan fingerprint density at radius 3 is 2.73 bits per heavy atom. The third-order valence-corrected chi connectivity index (χ3v) is 5.17. The molecule has 5 nitrogen and oxygen atoms in total. The summed E-state index contributed by atoms with van der Waals surface area (Å²) in [6, 6.07) is 15.3. The lowest BCUT2D eigenvalue weighted by Crippen LogP contribution is -2.13. The average molecular weight is 433 g/mol. The van der Waals surface area contributed by atoms with Crippen LogP contribution in [0.25, 0.3) is 10.4 Å². The smallest absolute Gasteiger partial charge is 0.265 e. The molecule has 1 N–H and O–H groups in total. The van der Waals surface area contributed by atoms with E-state index >= 15 is 0 Å². The molecular weight excluding hydrogens is 416 g/mol. The van der Waals surface area contributed by atoms with Crippen molar-refractivity contribution in [3.63, 3.8) is 0 Å². The predicted octanol–water partition coefficient (Wildman–Crippen LogP) is 4.85. The van der Waals surface area contributed by atoms with Crippen LogP contribution in [0.5, 0.6) is 5.88 Å². The van der Waals surface area contributed by atoms with Crippen LogP contribution in [0.1, 0.15) is 9.67 Å². The first kappa shape index (κ1) is 18.6. The fourth-order valence-electron chi connectivity index (χ4n) is 2.24. The SMILES string of the molecule is COCCOc1ncccc1NC(=O)c1ccc(-c2ccc(Br)cc2)s1. The maximum absolute atomic E-state index is 12.6. The maximum atomic E-state index is 12.6. The number of aromatic nitrogens is 1. The monoisotopic (exact) mass is 432 g/mol. The van der Waals surface area contributed by atoms with Crippen molar-refractivity contribution < 1.29 is 14.3 Å². The average Bonchev–Trinajstić information content (AvgIpc) is 3.14. The second-order valence-corrected chi connectivity index (χ2v) is 7.32. The molecule has 3 aromatic rings. The molecule has 0 bridgehead atoms. The molecule has 0 aliphatic heterocycles. The number of benzene rings is 1. The van der Waals surface area contributed by atoms with Crippen LogP contribution in [-0.2, 0) is 4.74 Å². The van der Waals surface area contributed by atoms with Crippen LogP contribution < -0.4 is 10.1 Å². The van der Waals surface area contributed by atoms with E-state index in [4.69, 9.17) is 9.47 Å². The van der Waals surface area contributed by atoms with Gasteiger partial charge in [-0.1, -0.05) is 28.1 Å². The number of pyridine rings is 1. The van der Waals surface area contributed by atoms with Gasteiger partial charge in [0.2, 0.25) is 5.88 Å². The highest BCUT2D eigenvalue weighted by atomic mass is 79.9. The Bertz CT molecular complexity index is 881. The van der Waals surface area contributed by atoms with Gasteiger partial charge in [-0.25, -0.2) is 4.98 Å². The Kier molecular flexibility index (Phi) is 6.38. The number of halogens is 1. The molecule has 0 saturated heterocycles. The number of hydrogen-bond acceptors (Lipinski definition) is 5. The van der Waals surface area contributed by atoms with E-state index in [-0.39, 0.29) is 5.91 Å². The highest BCUT2D eigenvalue weighted by Crippen LogP contribution is 2.30. The predicted molar refractivity (Wildman–Crippen MR) is 107 cm³/mol. The number of carbonyl (C=O) groups excluding carboxylic acids is 1. The van der Waals surface area contributed by atoms with E-state index in [2.05, 4.69) is 26.2 Å². The molecule has 0 unspecified atom stereocenters. The number of anilines is 1. The summed E-state index contributed by atoms with van der Waals surface area (Å²) in [5, 5.41) is 2.86. The van der Waals surface area contributed by atoms with E-state index in [0.717, 1.165) is 14.9 Å². The first-order valence-corrected chi connectivity index (χ1v) is 9.52. The third kappa shape index (κ3) is 4.69. The summed E-state index contributed by atoms with van der Waals surface area (Å²) in [7, 11) is 1.60. The van der Waals surface area contributed by atoms with Gasteiger partial charge in [0.05, 0.1) is 11.5 Å². The summed E-state index contributed by atoms with van der Waals surface area (Å²) in [6.07, 6.45) is 1.62. The topological polar surface area (TPSA) is 60.5 Å². The molecule has 2 aromatic heterocycles. The number of thiophene rings is 1. The fourth-order valence-corrected chi connectivity index (χ4v) is 3.41. The molecule has 0 fully saturated rings. The number of amides is 1. The minimum absolute atomic E-state index is 0.192. The van der Waals surface area contributed by atoms with Gasteiger partial charge >= 0.3 is 0 Å². The summed E-state index contributed by atoms with van der Waals surface area (Å²) in [5.41, 5.74) is 1.61. The lowest BCUT2D eigenvalue weighted by molar-refractivity contribution is 0.102. The van der Waals surface area contributed by atoms with Crippen LogP contribution in [0.2, 0.25) is 0 Å². The zero-order valence-corrected chi connectivity index (χ0v) is 16.5. The minimum Gasteiger partial charge on any atom is -0.474 e. The normalized spacial score (nSPS) is 10.5. The fraction of sp³-hybridized carbons (Fsp3) is 0.158. The lowest BCUT2D eigenvalue weighted by atomic mass is 10.2. The van der Waals surface area contributed by atoms with Crippen molar-refractivity contribution in [1.29, 1.82) is 0 Å². The molecule has 26 heavy (non-hydrogen) atoms. The number of nitrogens with one attached hydrogen (secondary N) is 1. The maximum Gasteiger partial charge on any atom is 0.265 e. The second-order valence-electron chi connectivity index (χ2n) is 5.32. The van der Waals surface area contributed by atoms with Gasteiger partial charge in [-0.2, -0.15) is 0 Å². The van der Waals surface area contributed by atoms with Gasteiger partial charge < -0.3 is 14.8 Å². The van der Waals surface area contributed by atoms with Gasteiger partial charge in [0, 0.05) is 22.7 Å². The van der Waals surface area contributed by atoms with Crippen LogP contribution in [0.3, 0.4) is 0 Å². The number of ether oxygens (including phenoxy) is 2. The van der Waals surface area contributed by atoms with Crippen LogP contribution in [0, 0.1) is 0 Å². The molecule has 0 spiro atoms. The summed E-state index contributed by atoms with van der Waals surface area (Å²) >= 11 is 4.86. The first-order valence-electron chi connectivity index (χ1n) is 7.91. The van der Waals surface area contributed by atoms with Gasteiger partial charge in [0.25, 0.3) is 5.91 Å². The second kappa shape index (κ2) is 8.93. The zero-order chi connectivity index (χ0) is 18.4. The molecule has 3 rings (SSSR count). The highest BCUT2D eigenvalue weighted by Gasteiger charge is 2.13. The van der Waals surface area contributed by atoms with E-state index in [9.17, 15) is 4.79 Å². The lowest BCUT2D eigenvalue weighted by Gasteiger charge is -2.10. The Morgan fingerprint density at radius 1 is 1.15 bits per heavy atom. The van der Waals surface area contributed by atoms with Crippen LogP contribution >= 0.6 is 27.3 Å². The van der Waals surface area contributed by atoms with Crippen LogP contribution in [-0.4, -0.2) is 31.2 Å². The van der Waals surface area contributed by atoms with Crippen molar-refractivity contribution in [2.75, 3.05) is 25.6 Å². The number of carbonyl (C=O) groups is 1. The Hall–Kier alpha value is -2.22. The molecule has 0 aliphatic rings. The van der Waals surface area contributed by atoms with Crippen LogP contribution in [0.4, 0.5) is 5.69 Å². The Balaban J connectivity index is 1.72. The molecule has 134 valence electrons. The first-order chi connectivity index (χ1) is 12.7. The van der Waals surface area contributed by atoms with E-state index in [1.165, 1.54) is 11.3 Å². The third-order valence-electron chi connectivity index (χ3n) is 3.50. The Labute approximate surface area is 164 Å². The molecule has 0 saturated carbocycles. The van der Waals surface area contributed by atoms with Crippen molar-refractivity contribution in [3.8, 4) is 16.3 Å². The van der Waals surface area contributed by atoms with Gasteiger partial charge in [0.15, 0.2) is 0 Å². The van der Waals surface area contributed by atoms with Gasteiger partial charge in [-0.15, -0.1) is 11.3 Å². The molecular formula is C19H17BrN2O3S. The summed E-state index contributed by atoms with van der Waals surface area (Å²) in [6.45, 7) is 0.814. The van der Waals surface area contributed by atoms with E-state index < -0.39 is 0 Å². The number of methoxy groups -OCH3 is 1. The molecule has 0 aliphatic carbocycles. The number of rotatable bonds is 7. The van der Waals surface area contributed by atoms with Crippen molar-refractivity contribution in [2.24, 2.45) is 0 Å². The standard InChI is InChI=1S/C19H17BrN2O3S/c1-24-11-12-25-19-15(3-2-10-21-19)22-18(23)17-9-8-16(26-17)13-4-6-14(20)7-5-13/h2-10H,11-12H2,1H3,(H,22,23). The molecule has 1 amide bonds. The van der Waals surface area contributed by atoms with Crippen molar-refractivity contribution >= 4 is 38.9 Å². The molecule has 0 radical (unpaired) electrons. The largest absolute Gasteiger partial charge is 0.474 e. The summed E-state index contributed by atoms with van der Waals surface area (Å²) in [5.74, 6) is 0.186. The van der Waals surface area contributed by atoms with Crippen molar-refractivity contribution in [3.05, 3.63) is 64.1 Å². The Morgan fingerprint density at radius 2 is 1.96 bits per heavy atom. The molecule has 2 heterocycles. The molecule has 7 heteroatoms. The van der Waals surface area contributed by atoms with E-state index in [1.54, 1.807) is 25.4 Å².